The maximum atomic E-state index is 14.8. The Morgan fingerprint density at radius 1 is 0.941 bits per heavy atom. The molecule has 0 unspecified atom stereocenters. The van der Waals surface area contributed by atoms with E-state index in [4.69, 9.17) is 9.47 Å². The van der Waals surface area contributed by atoms with Gasteiger partial charge in [0, 0.05) is 30.9 Å². The van der Waals surface area contributed by atoms with E-state index < -0.39 is 30.6 Å². The Morgan fingerprint density at radius 3 is 2.12 bits per heavy atom. The third-order valence-electron chi connectivity index (χ3n) is 4.97. The number of halogens is 2. The molecule has 0 aromatic heterocycles. The summed E-state index contributed by atoms with van der Waals surface area (Å²) in [4.78, 5) is 0. The van der Waals surface area contributed by atoms with Gasteiger partial charge in [0.25, 0.3) is 0 Å². The molecule has 0 aliphatic heterocycles. The monoisotopic (exact) mass is 519 g/mol. The van der Waals surface area contributed by atoms with Crippen LogP contribution >= 0.6 is 0 Å². The van der Waals surface area contributed by atoms with E-state index in [2.05, 4.69) is 13.6 Å². The number of fused-ring (bicyclic) bond motifs is 1. The third kappa shape index (κ3) is 5.06. The van der Waals surface area contributed by atoms with Crippen molar-refractivity contribution in [1.82, 2.24) is 0 Å². The summed E-state index contributed by atoms with van der Waals surface area (Å²) in [5.41, 5.74) is 2.34. The van der Waals surface area contributed by atoms with E-state index in [0.717, 1.165) is 5.56 Å². The molecular formula is C21H23F2NO8S2. The number of aryl methyl sites for hydroxylation is 2. The summed E-state index contributed by atoms with van der Waals surface area (Å²) in [5.74, 6) is -0.514. The van der Waals surface area contributed by atoms with Crippen LogP contribution < -0.4 is 4.18 Å². The van der Waals surface area contributed by atoms with Crippen molar-refractivity contribution in [3.05, 3.63) is 64.2 Å². The van der Waals surface area contributed by atoms with Crippen molar-refractivity contribution in [3.63, 3.8) is 0 Å². The number of methoxy groups -OCH3 is 2. The first-order chi connectivity index (χ1) is 15.9. The Labute approximate surface area is 196 Å². The lowest BCUT2D eigenvalue weighted by Crippen LogP contribution is -2.41. The van der Waals surface area contributed by atoms with Crippen LogP contribution in [-0.2, 0) is 53.6 Å². The highest BCUT2D eigenvalue weighted by atomic mass is 32.3. The predicted octanol–water partition coefficient (Wildman–Crippen LogP) is 3.24. The number of hydrogen-bond donors (Lipinski definition) is 0. The minimum atomic E-state index is -6.10. The zero-order valence-electron chi connectivity index (χ0n) is 18.6. The van der Waals surface area contributed by atoms with E-state index in [1.54, 1.807) is 31.2 Å². The van der Waals surface area contributed by atoms with Crippen LogP contribution in [0.5, 0.6) is 5.75 Å². The number of hydrogen-bond acceptors (Lipinski definition) is 9. The quantitative estimate of drug-likeness (QED) is 0.347. The molecule has 34 heavy (non-hydrogen) atoms. The van der Waals surface area contributed by atoms with E-state index >= 15 is 0 Å². The Kier molecular flexibility index (Phi) is 7.60. The van der Waals surface area contributed by atoms with Gasteiger partial charge in [-0.2, -0.15) is 25.6 Å². The van der Waals surface area contributed by atoms with Crippen molar-refractivity contribution in [2.75, 3.05) is 14.2 Å². The van der Waals surface area contributed by atoms with Crippen molar-refractivity contribution in [2.24, 2.45) is 5.16 Å². The molecule has 1 aliphatic carbocycles. The van der Waals surface area contributed by atoms with Crippen LogP contribution in [0.2, 0.25) is 0 Å². The fourth-order valence-electron chi connectivity index (χ4n) is 3.48. The second-order valence-corrected chi connectivity index (χ2v) is 10.9. The van der Waals surface area contributed by atoms with Gasteiger partial charge in [0.1, 0.15) is 0 Å². The average Bonchev–Trinajstić information content (AvgIpc) is 3.18. The molecule has 2 aromatic carbocycles. The molecule has 0 radical (unpaired) electrons. The Balaban J connectivity index is 1.93. The molecular weight excluding hydrogens is 496 g/mol. The van der Waals surface area contributed by atoms with Gasteiger partial charge in [0.15, 0.2) is 5.75 Å². The predicted molar refractivity (Wildman–Crippen MR) is 118 cm³/mol. The molecule has 0 saturated heterocycles. The molecule has 0 fully saturated rings. The molecule has 0 amide bonds. The van der Waals surface area contributed by atoms with Gasteiger partial charge >= 0.3 is 24.8 Å². The first-order valence-electron chi connectivity index (χ1n) is 9.94. The summed E-state index contributed by atoms with van der Waals surface area (Å²) in [5, 5.41) is 3.32. The Hall–Kier alpha value is -2.61. The Morgan fingerprint density at radius 2 is 1.53 bits per heavy atom. The zero-order chi connectivity index (χ0) is 25.1. The first-order valence-corrected chi connectivity index (χ1v) is 12.8. The molecule has 186 valence electrons. The second-order valence-electron chi connectivity index (χ2n) is 7.50. The number of benzene rings is 2. The summed E-state index contributed by atoms with van der Waals surface area (Å²) >= 11 is 0. The summed E-state index contributed by atoms with van der Waals surface area (Å²) in [6, 6.07) is 9.74. The van der Waals surface area contributed by atoms with Gasteiger partial charge in [-0.3, -0.25) is 4.28 Å². The molecule has 0 N–H and O–H groups in total. The van der Waals surface area contributed by atoms with Crippen LogP contribution in [0.25, 0.3) is 0 Å². The van der Waals surface area contributed by atoms with E-state index in [0.29, 0.717) is 17.5 Å². The van der Waals surface area contributed by atoms with Gasteiger partial charge in [-0.05, 0) is 37.5 Å². The van der Waals surface area contributed by atoms with Crippen LogP contribution in [0, 0.1) is 6.92 Å². The molecule has 0 saturated carbocycles. The summed E-state index contributed by atoms with van der Waals surface area (Å²) in [7, 11) is -9.56. The fourth-order valence-corrected chi connectivity index (χ4v) is 5.48. The topological polar surface area (TPSA) is 118 Å². The Bertz CT molecular complexity index is 1280. The molecule has 0 bridgehead atoms. The van der Waals surface area contributed by atoms with Crippen molar-refractivity contribution in [3.8, 4) is 5.75 Å². The van der Waals surface area contributed by atoms with Crippen molar-refractivity contribution < 1.29 is 43.6 Å². The van der Waals surface area contributed by atoms with E-state index in [9.17, 15) is 25.6 Å². The molecule has 0 spiro atoms. The van der Waals surface area contributed by atoms with Gasteiger partial charge in [0.2, 0.25) is 0 Å². The summed E-state index contributed by atoms with van der Waals surface area (Å²) in [6.45, 7) is 1.31. The molecule has 3 rings (SSSR count). The van der Waals surface area contributed by atoms with E-state index in [1.165, 1.54) is 26.4 Å². The number of nitrogens with zero attached hydrogens (tertiary/aromatic N) is 1. The normalized spacial score (nSPS) is 15.4. The van der Waals surface area contributed by atoms with Crippen LogP contribution in [0.1, 0.15) is 34.2 Å². The maximum absolute atomic E-state index is 14.8. The largest absolute Gasteiger partial charge is 0.519 e. The lowest BCUT2D eigenvalue weighted by Gasteiger charge is -2.19. The minimum Gasteiger partial charge on any atom is -0.380 e. The van der Waals surface area contributed by atoms with E-state index in [-0.39, 0.29) is 36.5 Å². The van der Waals surface area contributed by atoms with Crippen LogP contribution in [-0.4, -0.2) is 41.4 Å². The van der Waals surface area contributed by atoms with Gasteiger partial charge in [-0.25, -0.2) is 0 Å². The zero-order valence-corrected chi connectivity index (χ0v) is 20.2. The average molecular weight is 520 g/mol. The minimum absolute atomic E-state index is 0.107. The molecule has 9 nitrogen and oxygen atoms in total. The van der Waals surface area contributed by atoms with Gasteiger partial charge in [-0.15, -0.1) is 0 Å². The highest BCUT2D eigenvalue weighted by molar-refractivity contribution is 8.05. The number of ether oxygens (including phenoxy) is 2. The van der Waals surface area contributed by atoms with Gasteiger partial charge in [-0.1, -0.05) is 35.0 Å². The summed E-state index contributed by atoms with van der Waals surface area (Å²) < 4.78 is 92.4. The smallest absolute Gasteiger partial charge is 0.380 e. The van der Waals surface area contributed by atoms with Gasteiger partial charge in [0.05, 0.1) is 18.9 Å². The third-order valence-corrected chi connectivity index (χ3v) is 8.01. The molecule has 0 heterocycles. The number of alkyl halides is 2. The lowest BCUT2D eigenvalue weighted by atomic mass is 10.1. The molecule has 2 aromatic rings. The SMILES string of the molecule is COCc1cc(C)cc(COC)c1OS(=O)(=O)C(F)(F)S(=O)(=O)O/N=C1/CCc2ccccc21. The summed E-state index contributed by atoms with van der Waals surface area (Å²) in [6.07, 6.45) is 0.752. The molecule has 0 atom stereocenters. The fraction of sp³-hybridized carbons (Fsp3) is 0.381. The van der Waals surface area contributed by atoms with E-state index in [1.807, 2.05) is 0 Å². The van der Waals surface area contributed by atoms with Crippen molar-refractivity contribution in [1.29, 1.82) is 0 Å². The molecule has 1 aliphatic rings. The molecule has 13 heteroatoms. The highest BCUT2D eigenvalue weighted by Gasteiger charge is 2.63. The standard InChI is InChI=1S/C21H23F2NO8S2/c1-14-10-16(12-29-2)20(17(11-14)13-30-3)31-33(25,26)21(22,23)34(27,28)32-24-19-9-8-15-6-4-5-7-18(15)19/h4-7,10-11H,8-9,12-13H2,1-3H3/b24-19-. The van der Waals surface area contributed by atoms with Crippen LogP contribution in [0.15, 0.2) is 41.6 Å². The van der Waals surface area contributed by atoms with Crippen LogP contribution in [0.3, 0.4) is 0 Å². The highest BCUT2D eigenvalue weighted by Crippen LogP contribution is 2.36. The second kappa shape index (κ2) is 9.94. The number of rotatable bonds is 10. The van der Waals surface area contributed by atoms with Crippen LogP contribution in [0.4, 0.5) is 8.78 Å². The van der Waals surface area contributed by atoms with Crippen molar-refractivity contribution in [2.45, 2.75) is 37.6 Å². The lowest BCUT2D eigenvalue weighted by molar-refractivity contribution is 0.142. The maximum Gasteiger partial charge on any atom is 0.519 e. The number of oxime groups is 1. The van der Waals surface area contributed by atoms with Crippen molar-refractivity contribution >= 4 is 25.9 Å². The van der Waals surface area contributed by atoms with Gasteiger partial charge < -0.3 is 13.7 Å². The first kappa shape index (κ1) is 26.0.